The molecule has 5 nitrogen and oxygen atoms in total. The average Bonchev–Trinajstić information content (AvgIpc) is 3.00. The maximum absolute atomic E-state index is 13.5. The molecule has 9 heteroatoms. The number of anilines is 2. The van der Waals surface area contributed by atoms with Gasteiger partial charge >= 0.3 is 6.18 Å². The van der Waals surface area contributed by atoms with Crippen molar-refractivity contribution in [1.29, 1.82) is 5.26 Å². The van der Waals surface area contributed by atoms with Crippen LogP contribution in [0.2, 0.25) is 0 Å². The Balaban J connectivity index is 2.08. The van der Waals surface area contributed by atoms with Crippen molar-refractivity contribution in [3.63, 3.8) is 0 Å². The van der Waals surface area contributed by atoms with Crippen LogP contribution in [0.25, 0.3) is 16.7 Å². The van der Waals surface area contributed by atoms with Gasteiger partial charge in [-0.25, -0.2) is 9.97 Å². The van der Waals surface area contributed by atoms with E-state index < -0.39 is 23.3 Å². The molecule has 0 atom stereocenters. The van der Waals surface area contributed by atoms with Crippen molar-refractivity contribution in [1.82, 2.24) is 14.4 Å². The number of hydrogen-bond donors (Lipinski definition) is 1. The molecule has 0 radical (unpaired) electrons. The first-order chi connectivity index (χ1) is 12.9. The largest absolute Gasteiger partial charge is 0.417 e. The normalized spacial score (nSPS) is 11.7. The van der Waals surface area contributed by atoms with Crippen LogP contribution < -0.4 is 5.32 Å². The lowest BCUT2D eigenvalue weighted by Gasteiger charge is -2.15. The summed E-state index contributed by atoms with van der Waals surface area (Å²) in [6.45, 7) is 0. The number of nitriles is 1. The van der Waals surface area contributed by atoms with Gasteiger partial charge in [-0.3, -0.25) is 4.40 Å². The van der Waals surface area contributed by atoms with E-state index in [0.717, 1.165) is 12.1 Å². The van der Waals surface area contributed by atoms with Crippen molar-refractivity contribution >= 4 is 28.2 Å². The number of nitrogens with zero attached hydrogens (tertiary/aromatic N) is 4. The van der Waals surface area contributed by atoms with Crippen LogP contribution in [0, 0.1) is 17.3 Å². The Labute approximate surface area is 149 Å². The molecule has 3 aromatic heterocycles. The van der Waals surface area contributed by atoms with Crippen molar-refractivity contribution in [2.75, 3.05) is 5.32 Å². The first-order valence-corrected chi connectivity index (χ1v) is 7.68. The van der Waals surface area contributed by atoms with Gasteiger partial charge in [0.1, 0.15) is 17.5 Å². The number of benzene rings is 1. The molecule has 1 N–H and O–H groups in total. The van der Waals surface area contributed by atoms with E-state index in [0.29, 0.717) is 11.0 Å². The third kappa shape index (κ3) is 2.81. The molecule has 0 saturated heterocycles. The Morgan fingerprint density at radius 3 is 2.59 bits per heavy atom. The van der Waals surface area contributed by atoms with E-state index in [-0.39, 0.29) is 17.2 Å². The van der Waals surface area contributed by atoms with Crippen LogP contribution in [0.15, 0.2) is 48.7 Å². The molecule has 0 unspecified atom stereocenters. The van der Waals surface area contributed by atoms with E-state index in [1.807, 2.05) is 0 Å². The molecule has 0 fully saturated rings. The smallest absolute Gasteiger partial charge is 0.341 e. The SMILES string of the molecule is N#Cc1c(C(F)(F)F)cc(Nc2ccnc(F)c2)n2c1nc1ccccc12. The molecule has 4 aromatic rings. The summed E-state index contributed by atoms with van der Waals surface area (Å²) in [5.41, 5.74) is -0.688. The van der Waals surface area contributed by atoms with Gasteiger partial charge in [0, 0.05) is 18.0 Å². The summed E-state index contributed by atoms with van der Waals surface area (Å²) in [5, 5.41) is 12.1. The number of nitrogens with one attached hydrogen (secondary N) is 1. The van der Waals surface area contributed by atoms with Crippen molar-refractivity contribution in [2.45, 2.75) is 6.18 Å². The number of imidazole rings is 1. The minimum Gasteiger partial charge on any atom is -0.341 e. The first kappa shape index (κ1) is 16.8. The van der Waals surface area contributed by atoms with E-state index in [4.69, 9.17) is 0 Å². The first-order valence-electron chi connectivity index (χ1n) is 7.68. The molecule has 134 valence electrons. The number of alkyl halides is 3. The van der Waals surface area contributed by atoms with Crippen molar-refractivity contribution in [3.8, 4) is 6.07 Å². The Hall–Kier alpha value is -3.67. The second-order valence-corrected chi connectivity index (χ2v) is 5.68. The maximum atomic E-state index is 13.5. The molecule has 1 aromatic carbocycles. The van der Waals surface area contributed by atoms with Gasteiger partial charge < -0.3 is 5.32 Å². The second kappa shape index (κ2) is 5.95. The highest BCUT2D eigenvalue weighted by Gasteiger charge is 2.36. The summed E-state index contributed by atoms with van der Waals surface area (Å²) in [4.78, 5) is 7.61. The minimum absolute atomic E-state index is 0.00405. The number of rotatable bonds is 2. The maximum Gasteiger partial charge on any atom is 0.417 e. The summed E-state index contributed by atoms with van der Waals surface area (Å²) in [6.07, 6.45) is -3.57. The summed E-state index contributed by atoms with van der Waals surface area (Å²) in [6, 6.07) is 11.6. The monoisotopic (exact) mass is 371 g/mol. The summed E-state index contributed by atoms with van der Waals surface area (Å²) in [7, 11) is 0. The molecule has 0 bridgehead atoms. The quantitative estimate of drug-likeness (QED) is 0.411. The Morgan fingerprint density at radius 1 is 1.11 bits per heavy atom. The van der Waals surface area contributed by atoms with Gasteiger partial charge in [-0.15, -0.1) is 0 Å². The lowest BCUT2D eigenvalue weighted by atomic mass is 10.1. The van der Waals surface area contributed by atoms with Crippen molar-refractivity contribution in [2.24, 2.45) is 0 Å². The number of aromatic nitrogens is 3. The molecular weight excluding hydrogens is 362 g/mol. The second-order valence-electron chi connectivity index (χ2n) is 5.68. The Kier molecular flexibility index (Phi) is 3.70. The van der Waals surface area contributed by atoms with Gasteiger partial charge in [0.2, 0.25) is 5.95 Å². The molecule has 27 heavy (non-hydrogen) atoms. The molecule has 3 heterocycles. The van der Waals surface area contributed by atoms with E-state index in [2.05, 4.69) is 15.3 Å². The summed E-state index contributed by atoms with van der Waals surface area (Å²) >= 11 is 0. The van der Waals surface area contributed by atoms with E-state index in [1.54, 1.807) is 30.3 Å². The fourth-order valence-corrected chi connectivity index (χ4v) is 2.89. The highest BCUT2D eigenvalue weighted by atomic mass is 19.4. The van der Waals surface area contributed by atoms with Gasteiger partial charge in [0.05, 0.1) is 16.6 Å². The lowest BCUT2D eigenvalue weighted by molar-refractivity contribution is -0.137. The third-order valence-electron chi connectivity index (χ3n) is 3.99. The van der Waals surface area contributed by atoms with Crippen LogP contribution in [-0.2, 0) is 6.18 Å². The number of hydrogen-bond acceptors (Lipinski definition) is 4. The number of fused-ring (bicyclic) bond motifs is 3. The van der Waals surface area contributed by atoms with Gasteiger partial charge in [0.25, 0.3) is 0 Å². The van der Waals surface area contributed by atoms with Gasteiger partial charge in [-0.2, -0.15) is 22.8 Å². The lowest BCUT2D eigenvalue weighted by Crippen LogP contribution is -2.12. The Morgan fingerprint density at radius 2 is 1.89 bits per heavy atom. The standard InChI is InChI=1S/C18H9F4N5/c19-15-7-10(5-6-24-15)25-16-8-12(18(20,21)22)11(9-23)17-26-13-3-1-2-4-14(13)27(16)17/h1-8H,(H,24,25). The third-order valence-corrected chi connectivity index (χ3v) is 3.99. The number of halogens is 4. The van der Waals surface area contributed by atoms with Gasteiger partial charge in [-0.05, 0) is 24.3 Å². The van der Waals surface area contributed by atoms with Crippen LogP contribution in [0.5, 0.6) is 0 Å². The predicted octanol–water partition coefficient (Wildman–Crippen LogP) is 4.66. The molecule has 0 spiro atoms. The minimum atomic E-state index is -4.76. The fraction of sp³-hybridized carbons (Fsp3) is 0.0556. The van der Waals surface area contributed by atoms with Gasteiger partial charge in [0.15, 0.2) is 5.65 Å². The molecule has 0 aliphatic heterocycles. The molecule has 4 rings (SSSR count). The van der Waals surface area contributed by atoms with Crippen LogP contribution in [-0.4, -0.2) is 14.4 Å². The van der Waals surface area contributed by atoms with Crippen molar-refractivity contribution in [3.05, 3.63) is 65.7 Å². The van der Waals surface area contributed by atoms with Crippen LogP contribution in [0.3, 0.4) is 0 Å². The van der Waals surface area contributed by atoms with Crippen LogP contribution in [0.4, 0.5) is 29.1 Å². The summed E-state index contributed by atoms with van der Waals surface area (Å²) in [5.74, 6) is -0.785. The van der Waals surface area contributed by atoms with Crippen LogP contribution >= 0.6 is 0 Å². The Bertz CT molecular complexity index is 1220. The molecule has 0 aliphatic rings. The predicted molar refractivity (Wildman–Crippen MR) is 89.9 cm³/mol. The van der Waals surface area contributed by atoms with Crippen molar-refractivity contribution < 1.29 is 17.6 Å². The highest BCUT2D eigenvalue weighted by Crippen LogP contribution is 2.37. The molecule has 0 saturated carbocycles. The zero-order valence-corrected chi connectivity index (χ0v) is 13.4. The van der Waals surface area contributed by atoms with E-state index >= 15 is 0 Å². The molecular formula is C18H9F4N5. The van der Waals surface area contributed by atoms with E-state index in [1.165, 1.54) is 16.7 Å². The highest BCUT2D eigenvalue weighted by molar-refractivity contribution is 5.86. The van der Waals surface area contributed by atoms with Crippen LogP contribution in [0.1, 0.15) is 11.1 Å². The fourth-order valence-electron chi connectivity index (χ4n) is 2.89. The topological polar surface area (TPSA) is 66.0 Å². The van der Waals surface area contributed by atoms with E-state index in [9.17, 15) is 22.8 Å². The molecule has 0 amide bonds. The number of pyridine rings is 2. The molecule has 0 aliphatic carbocycles. The zero-order valence-electron chi connectivity index (χ0n) is 13.4. The number of para-hydroxylation sites is 2. The zero-order chi connectivity index (χ0) is 19.2. The summed E-state index contributed by atoms with van der Waals surface area (Å²) < 4.78 is 55.3. The van der Waals surface area contributed by atoms with Gasteiger partial charge in [-0.1, -0.05) is 12.1 Å². The average molecular weight is 371 g/mol.